The summed E-state index contributed by atoms with van der Waals surface area (Å²) in [5.41, 5.74) is 2.76. The van der Waals surface area contributed by atoms with E-state index in [-0.39, 0.29) is 11.8 Å². The molecule has 0 radical (unpaired) electrons. The van der Waals surface area contributed by atoms with Crippen molar-refractivity contribution in [2.24, 2.45) is 5.92 Å². The minimum Gasteiger partial charge on any atom is -0.497 e. The Labute approximate surface area is 166 Å². The lowest BCUT2D eigenvalue weighted by molar-refractivity contribution is -0.120. The third-order valence-corrected chi connectivity index (χ3v) is 5.22. The van der Waals surface area contributed by atoms with Crippen LogP contribution >= 0.6 is 0 Å². The average molecular weight is 384 g/mol. The second-order valence-corrected chi connectivity index (χ2v) is 6.81. The molecule has 0 aliphatic heterocycles. The summed E-state index contributed by atoms with van der Waals surface area (Å²) in [7, 11) is 3.17. The number of ether oxygens (including phenoxy) is 2. The maximum absolute atomic E-state index is 12.8. The SMILES string of the molecule is CCN(CC)c1ncc2c(n1)CCC(C(=O)Nc1ccc(OC)cc1OC)C2. The molecule has 28 heavy (non-hydrogen) atoms. The Morgan fingerprint density at radius 3 is 2.71 bits per heavy atom. The van der Waals surface area contributed by atoms with Crippen LogP contribution in [-0.2, 0) is 17.6 Å². The molecule has 1 aromatic heterocycles. The number of aromatic nitrogens is 2. The Balaban J connectivity index is 1.71. The van der Waals surface area contributed by atoms with Gasteiger partial charge in [-0.2, -0.15) is 0 Å². The molecule has 1 unspecified atom stereocenters. The van der Waals surface area contributed by atoms with Crippen molar-refractivity contribution >= 4 is 17.5 Å². The average Bonchev–Trinajstić information content (AvgIpc) is 2.74. The predicted molar refractivity (Wildman–Crippen MR) is 109 cm³/mol. The van der Waals surface area contributed by atoms with E-state index in [0.29, 0.717) is 23.6 Å². The highest BCUT2D eigenvalue weighted by Gasteiger charge is 2.27. The number of rotatable bonds is 7. The van der Waals surface area contributed by atoms with E-state index < -0.39 is 0 Å². The van der Waals surface area contributed by atoms with Crippen LogP contribution in [0.15, 0.2) is 24.4 Å². The lowest BCUT2D eigenvalue weighted by Gasteiger charge is -2.25. The topological polar surface area (TPSA) is 76.6 Å². The van der Waals surface area contributed by atoms with E-state index in [0.717, 1.165) is 43.1 Å². The molecule has 150 valence electrons. The Morgan fingerprint density at radius 2 is 2.04 bits per heavy atom. The number of nitrogens with zero attached hydrogens (tertiary/aromatic N) is 3. The van der Waals surface area contributed by atoms with Crippen molar-refractivity contribution < 1.29 is 14.3 Å². The van der Waals surface area contributed by atoms with Gasteiger partial charge in [0.1, 0.15) is 11.5 Å². The Kier molecular flexibility index (Phi) is 6.34. The maximum atomic E-state index is 12.8. The van der Waals surface area contributed by atoms with Crippen LogP contribution in [0.3, 0.4) is 0 Å². The molecule has 0 bridgehead atoms. The minimum atomic E-state index is -0.109. The fraction of sp³-hybridized carbons (Fsp3) is 0.476. The largest absolute Gasteiger partial charge is 0.497 e. The summed E-state index contributed by atoms with van der Waals surface area (Å²) in [6, 6.07) is 5.36. The van der Waals surface area contributed by atoms with Gasteiger partial charge in [0.15, 0.2) is 0 Å². The van der Waals surface area contributed by atoms with Crippen LogP contribution in [0.4, 0.5) is 11.6 Å². The molecule has 0 saturated carbocycles. The summed E-state index contributed by atoms with van der Waals surface area (Å²) in [5.74, 6) is 1.91. The zero-order valence-corrected chi connectivity index (χ0v) is 17.0. The highest BCUT2D eigenvalue weighted by molar-refractivity contribution is 5.94. The summed E-state index contributed by atoms with van der Waals surface area (Å²) in [6.07, 6.45) is 4.08. The van der Waals surface area contributed by atoms with Crippen LogP contribution in [0.2, 0.25) is 0 Å². The molecule has 3 rings (SSSR count). The van der Waals surface area contributed by atoms with Crippen LogP contribution in [-0.4, -0.2) is 43.2 Å². The zero-order valence-electron chi connectivity index (χ0n) is 17.0. The first kappa shape index (κ1) is 19.9. The summed E-state index contributed by atoms with van der Waals surface area (Å²) in [4.78, 5) is 24.2. The van der Waals surface area contributed by atoms with E-state index in [1.54, 1.807) is 32.4 Å². The number of hydrogen-bond donors (Lipinski definition) is 1. The highest BCUT2D eigenvalue weighted by atomic mass is 16.5. The number of methoxy groups -OCH3 is 2. The van der Waals surface area contributed by atoms with E-state index in [4.69, 9.17) is 14.5 Å². The number of hydrogen-bond acceptors (Lipinski definition) is 6. The van der Waals surface area contributed by atoms with Crippen LogP contribution in [0.25, 0.3) is 0 Å². The lowest BCUT2D eigenvalue weighted by atomic mass is 9.86. The van der Waals surface area contributed by atoms with Gasteiger partial charge < -0.3 is 19.7 Å². The smallest absolute Gasteiger partial charge is 0.227 e. The van der Waals surface area contributed by atoms with Crippen molar-refractivity contribution in [3.63, 3.8) is 0 Å². The third-order valence-electron chi connectivity index (χ3n) is 5.22. The predicted octanol–water partition coefficient (Wildman–Crippen LogP) is 3.08. The summed E-state index contributed by atoms with van der Waals surface area (Å²) in [6.45, 7) is 5.95. The Hall–Kier alpha value is -2.83. The van der Waals surface area contributed by atoms with Gasteiger partial charge in [-0.05, 0) is 50.8 Å². The minimum absolute atomic E-state index is 0.0121. The molecule has 0 fully saturated rings. The fourth-order valence-electron chi connectivity index (χ4n) is 3.52. The monoisotopic (exact) mass is 384 g/mol. The van der Waals surface area contributed by atoms with Crippen LogP contribution in [0, 0.1) is 5.92 Å². The molecule has 1 aliphatic carbocycles. The molecule has 7 nitrogen and oxygen atoms in total. The third kappa shape index (κ3) is 4.18. The van der Waals surface area contributed by atoms with Crippen molar-refractivity contribution in [3.05, 3.63) is 35.7 Å². The van der Waals surface area contributed by atoms with E-state index in [2.05, 4.69) is 29.0 Å². The molecule has 1 amide bonds. The van der Waals surface area contributed by atoms with Crippen LogP contribution in [0.5, 0.6) is 11.5 Å². The summed E-state index contributed by atoms with van der Waals surface area (Å²) >= 11 is 0. The quantitative estimate of drug-likeness (QED) is 0.791. The second kappa shape index (κ2) is 8.91. The molecule has 1 N–H and O–H groups in total. The first-order valence-corrected chi connectivity index (χ1v) is 9.72. The number of fused-ring (bicyclic) bond motifs is 1. The number of anilines is 2. The number of amides is 1. The maximum Gasteiger partial charge on any atom is 0.227 e. The van der Waals surface area contributed by atoms with Gasteiger partial charge in [0, 0.05) is 37.0 Å². The van der Waals surface area contributed by atoms with Gasteiger partial charge in [-0.1, -0.05) is 0 Å². The van der Waals surface area contributed by atoms with Gasteiger partial charge in [-0.15, -0.1) is 0 Å². The highest BCUT2D eigenvalue weighted by Crippen LogP contribution is 2.31. The summed E-state index contributed by atoms with van der Waals surface area (Å²) < 4.78 is 10.6. The van der Waals surface area contributed by atoms with Gasteiger partial charge >= 0.3 is 0 Å². The Bertz CT molecular complexity index is 836. The van der Waals surface area contributed by atoms with Gasteiger partial charge in [-0.3, -0.25) is 4.79 Å². The molecule has 1 heterocycles. The van der Waals surface area contributed by atoms with Crippen molar-refractivity contribution in [2.75, 3.05) is 37.5 Å². The normalized spacial score (nSPS) is 15.5. The molecule has 1 aliphatic rings. The number of aryl methyl sites for hydroxylation is 1. The van der Waals surface area contributed by atoms with Crippen LogP contribution < -0.4 is 19.7 Å². The molecule has 2 aromatic rings. The second-order valence-electron chi connectivity index (χ2n) is 6.81. The zero-order chi connectivity index (χ0) is 20.1. The molecule has 1 aromatic carbocycles. The molecule has 7 heteroatoms. The van der Waals surface area contributed by atoms with Crippen molar-refractivity contribution in [1.82, 2.24) is 9.97 Å². The van der Waals surface area contributed by atoms with E-state index in [1.807, 2.05) is 6.20 Å². The number of nitrogens with one attached hydrogen (secondary N) is 1. The molecule has 0 spiro atoms. The van der Waals surface area contributed by atoms with E-state index in [9.17, 15) is 4.79 Å². The van der Waals surface area contributed by atoms with Crippen molar-refractivity contribution in [2.45, 2.75) is 33.1 Å². The van der Waals surface area contributed by atoms with Gasteiger partial charge in [-0.25, -0.2) is 9.97 Å². The van der Waals surface area contributed by atoms with Crippen molar-refractivity contribution in [3.8, 4) is 11.5 Å². The first-order valence-electron chi connectivity index (χ1n) is 9.72. The first-order chi connectivity index (χ1) is 13.6. The van der Waals surface area contributed by atoms with E-state index >= 15 is 0 Å². The fourth-order valence-corrected chi connectivity index (χ4v) is 3.52. The number of carbonyl (C=O) groups is 1. The standard InChI is InChI=1S/C21H28N4O3/c1-5-25(6-2)21-22-13-15-11-14(7-9-17(15)24-21)20(26)23-18-10-8-16(27-3)12-19(18)28-4/h8,10,12-14H,5-7,9,11H2,1-4H3,(H,23,26). The molecule has 0 saturated heterocycles. The Morgan fingerprint density at radius 1 is 1.25 bits per heavy atom. The van der Waals surface area contributed by atoms with Gasteiger partial charge in [0.2, 0.25) is 11.9 Å². The van der Waals surface area contributed by atoms with Crippen LogP contribution in [0.1, 0.15) is 31.5 Å². The number of benzene rings is 1. The van der Waals surface area contributed by atoms with Crippen molar-refractivity contribution in [1.29, 1.82) is 0 Å². The van der Waals surface area contributed by atoms with Gasteiger partial charge in [0.25, 0.3) is 0 Å². The summed E-state index contributed by atoms with van der Waals surface area (Å²) in [5, 5.41) is 2.99. The molecular formula is C21H28N4O3. The number of carbonyl (C=O) groups excluding carboxylic acids is 1. The molecular weight excluding hydrogens is 356 g/mol. The lowest BCUT2D eigenvalue weighted by Crippen LogP contribution is -2.30. The van der Waals surface area contributed by atoms with E-state index in [1.165, 1.54) is 0 Å². The molecule has 1 atom stereocenters. The van der Waals surface area contributed by atoms with Gasteiger partial charge in [0.05, 0.1) is 19.9 Å².